The molecule has 0 nitrogen and oxygen atoms in total. The normalized spacial score (nSPS) is 11.2. The molecule has 1 aliphatic rings. The second-order valence-corrected chi connectivity index (χ2v) is 19.4. The monoisotopic (exact) mass is 958 g/mol. The van der Waals surface area contributed by atoms with Crippen molar-refractivity contribution in [1.82, 2.24) is 0 Å². The minimum absolute atomic E-state index is 0. The van der Waals surface area contributed by atoms with E-state index >= 15 is 0 Å². The smallest absolute Gasteiger partial charge is 1.00 e. The average Bonchev–Trinajstić information content (AvgIpc) is 3.80. The van der Waals surface area contributed by atoms with Crippen LogP contribution in [0, 0.1) is 47.6 Å². The van der Waals surface area contributed by atoms with Gasteiger partial charge in [0.05, 0.1) is 0 Å². The van der Waals surface area contributed by atoms with Gasteiger partial charge in [-0.3, -0.25) is 0 Å². The molecule has 61 heavy (non-hydrogen) atoms. The van der Waals surface area contributed by atoms with Crippen LogP contribution in [0.1, 0.15) is 101 Å². The molecule has 0 heterocycles. The molecule has 0 spiro atoms. The van der Waals surface area contributed by atoms with E-state index in [0.717, 1.165) is 16.5 Å². The summed E-state index contributed by atoms with van der Waals surface area (Å²) in [6, 6.07) is 47.1. The molecule has 314 valence electrons. The van der Waals surface area contributed by atoms with E-state index in [1.54, 1.807) is 0 Å². The number of rotatable bonds is 6. The predicted octanol–water partition coefficient (Wildman–Crippen LogP) is 10.0. The fourth-order valence-corrected chi connectivity index (χ4v) is 9.54. The fraction of sp³-hybridized carbons (Fsp3) is 0.250. The maximum Gasteiger partial charge on any atom is -1.00 e. The summed E-state index contributed by atoms with van der Waals surface area (Å²) in [7, 11) is 0. The minimum atomic E-state index is 0. The number of hydrogen-bond acceptors (Lipinski definition) is 0. The Morgan fingerprint density at radius 1 is 0.639 bits per heavy atom. The molecular formula is C56H56Cl4Zr-2. The molecule has 0 atom stereocenters. The summed E-state index contributed by atoms with van der Waals surface area (Å²) in [4.78, 5) is 0. The van der Waals surface area contributed by atoms with Crippen molar-refractivity contribution in [3.8, 4) is 33.4 Å². The Hall–Kier alpha value is -3.42. The van der Waals surface area contributed by atoms with Gasteiger partial charge in [0.15, 0.2) is 0 Å². The van der Waals surface area contributed by atoms with E-state index in [1.807, 2.05) is 48.5 Å². The SMILES string of the molecule is CCCc1cc(C(C)(C)C)c[cH-]1.Cc1cc(C)c(-c2[c-]c3c(cc2)-c2ccc(-c4c(C)cc(C)cc4C)cc2C3)c(C)c1.Clc1ccc([C](=[Zr+2])c2ccc(Cl)cc2)cc1.[Cl-].[Cl-]. The first-order valence-corrected chi connectivity index (χ1v) is 22.7. The van der Waals surface area contributed by atoms with E-state index in [9.17, 15) is 0 Å². The van der Waals surface area contributed by atoms with Crippen LogP contribution in [0.25, 0.3) is 33.4 Å². The Bertz CT molecular complexity index is 2400. The van der Waals surface area contributed by atoms with Gasteiger partial charge in [0, 0.05) is 0 Å². The Balaban J connectivity index is 0.000000229. The quantitative estimate of drug-likeness (QED) is 0.146. The van der Waals surface area contributed by atoms with Gasteiger partial charge in [0.2, 0.25) is 0 Å². The molecule has 7 aromatic rings. The third kappa shape index (κ3) is 12.4. The molecule has 0 fully saturated rings. The van der Waals surface area contributed by atoms with Gasteiger partial charge in [-0.15, -0.1) is 29.3 Å². The third-order valence-electron chi connectivity index (χ3n) is 11.2. The molecule has 0 saturated heterocycles. The Morgan fingerprint density at radius 2 is 1.13 bits per heavy atom. The van der Waals surface area contributed by atoms with Gasteiger partial charge < -0.3 is 24.8 Å². The zero-order valence-corrected chi connectivity index (χ0v) is 42.7. The van der Waals surface area contributed by atoms with Crippen molar-refractivity contribution < 1.29 is 49.0 Å². The van der Waals surface area contributed by atoms with Crippen molar-refractivity contribution in [2.75, 3.05) is 0 Å². The van der Waals surface area contributed by atoms with Crippen molar-refractivity contribution in [2.45, 2.75) is 93.9 Å². The van der Waals surface area contributed by atoms with E-state index in [1.165, 1.54) is 140 Å². The summed E-state index contributed by atoms with van der Waals surface area (Å²) in [5, 5.41) is 1.53. The van der Waals surface area contributed by atoms with Crippen molar-refractivity contribution in [1.29, 1.82) is 0 Å². The van der Waals surface area contributed by atoms with Gasteiger partial charge in [0.1, 0.15) is 0 Å². The Kier molecular flexibility index (Phi) is 17.9. The van der Waals surface area contributed by atoms with Crippen LogP contribution in [-0.2, 0) is 42.5 Å². The molecule has 7 aromatic carbocycles. The number of halogens is 4. The first-order valence-electron chi connectivity index (χ1n) is 20.7. The van der Waals surface area contributed by atoms with Gasteiger partial charge in [-0.1, -0.05) is 127 Å². The molecule has 8 rings (SSSR count). The van der Waals surface area contributed by atoms with Gasteiger partial charge in [-0.2, -0.15) is 23.3 Å². The second-order valence-electron chi connectivity index (χ2n) is 17.3. The molecule has 1 aliphatic carbocycles. The molecule has 5 heteroatoms. The zero-order valence-electron chi connectivity index (χ0n) is 37.2. The number of aryl methyl sites for hydroxylation is 7. The molecule has 0 bridgehead atoms. The summed E-state index contributed by atoms with van der Waals surface area (Å²) >= 11 is 13.1. The largest absolute Gasteiger partial charge is 1.00 e. The molecule has 0 amide bonds. The van der Waals surface area contributed by atoms with Gasteiger partial charge in [-0.05, 0) is 75.8 Å². The number of benzene rings is 6. The fourth-order valence-electron chi connectivity index (χ4n) is 8.47. The molecule has 0 unspecified atom stereocenters. The third-order valence-corrected chi connectivity index (χ3v) is 13.1. The van der Waals surface area contributed by atoms with Crippen LogP contribution in [0.3, 0.4) is 0 Å². The Morgan fingerprint density at radius 3 is 1.61 bits per heavy atom. The second kappa shape index (κ2) is 21.8. The standard InChI is InChI=1S/C31H29.C13H8Cl2.C12H19.2ClH.Zr/c1-18-11-20(3)30(21(4)12-18)24-7-9-28-26(15-24)17-27-16-25(8-10-29(27)28)31-22(5)13-19(2)14-23(31)6;14-12-5-1-10(2-6-12)9-11-3-7-13(15)8-4-11;1-5-6-10-7-8-11(9-10)12(2,3)4;;;/h7-15H,17H2,1-6H3;1-8H;7-9H,5-6H2,1-4H3;2*1H;/q-1;;-1;;;+2/p-2. The van der Waals surface area contributed by atoms with Gasteiger partial charge in [-0.25, -0.2) is 6.07 Å². The van der Waals surface area contributed by atoms with Crippen LogP contribution in [0.2, 0.25) is 10.0 Å². The first-order chi connectivity index (χ1) is 28.0. The Labute approximate surface area is 403 Å². The maximum absolute atomic E-state index is 5.86. The summed E-state index contributed by atoms with van der Waals surface area (Å²) in [5.74, 6) is 0. The predicted molar refractivity (Wildman–Crippen MR) is 254 cm³/mol. The van der Waals surface area contributed by atoms with E-state index in [2.05, 4.69) is 148 Å². The van der Waals surface area contributed by atoms with Crippen LogP contribution >= 0.6 is 23.2 Å². The van der Waals surface area contributed by atoms with E-state index in [0.29, 0.717) is 5.41 Å². The molecule has 0 saturated carbocycles. The summed E-state index contributed by atoms with van der Waals surface area (Å²) in [6.07, 6.45) is 3.42. The number of hydrogen-bond donors (Lipinski definition) is 0. The summed E-state index contributed by atoms with van der Waals surface area (Å²) in [6.45, 7) is 22.2. The minimum Gasteiger partial charge on any atom is -1.00 e. The van der Waals surface area contributed by atoms with Crippen molar-refractivity contribution in [2.24, 2.45) is 0 Å². The molecule has 0 radical (unpaired) electrons. The topological polar surface area (TPSA) is 0 Å². The molecule has 0 N–H and O–H groups in total. The van der Waals surface area contributed by atoms with Crippen LogP contribution < -0.4 is 24.8 Å². The summed E-state index contributed by atoms with van der Waals surface area (Å²) < 4.78 is 1.31. The van der Waals surface area contributed by atoms with E-state index in [4.69, 9.17) is 23.2 Å². The van der Waals surface area contributed by atoms with E-state index < -0.39 is 0 Å². The zero-order chi connectivity index (χ0) is 42.6. The van der Waals surface area contributed by atoms with Crippen LogP contribution in [0.15, 0.2) is 121 Å². The van der Waals surface area contributed by atoms with Crippen molar-refractivity contribution in [3.63, 3.8) is 0 Å². The first kappa shape index (κ1) is 50.2. The van der Waals surface area contributed by atoms with Crippen molar-refractivity contribution >= 4 is 26.4 Å². The van der Waals surface area contributed by atoms with E-state index in [-0.39, 0.29) is 24.8 Å². The van der Waals surface area contributed by atoms with Crippen LogP contribution in [0.4, 0.5) is 0 Å². The molecule has 0 aliphatic heterocycles. The number of fused-ring (bicyclic) bond motifs is 3. The average molecular weight is 962 g/mol. The molecular weight excluding hydrogens is 906 g/mol. The van der Waals surface area contributed by atoms with Crippen LogP contribution in [-0.4, -0.2) is 3.21 Å². The molecule has 0 aromatic heterocycles. The van der Waals surface area contributed by atoms with Crippen LogP contribution in [0.5, 0.6) is 0 Å². The maximum atomic E-state index is 5.86. The summed E-state index contributed by atoms with van der Waals surface area (Å²) in [5.41, 5.74) is 24.4. The van der Waals surface area contributed by atoms with Crippen molar-refractivity contribution in [3.05, 3.63) is 204 Å². The van der Waals surface area contributed by atoms with Gasteiger partial charge in [0.25, 0.3) is 0 Å². The van der Waals surface area contributed by atoms with Gasteiger partial charge >= 0.3 is 120 Å².